The van der Waals surface area contributed by atoms with Crippen molar-refractivity contribution < 1.29 is 8.42 Å². The van der Waals surface area contributed by atoms with Gasteiger partial charge in [-0.3, -0.25) is 9.82 Å². The third-order valence-electron chi connectivity index (χ3n) is 2.88. The van der Waals surface area contributed by atoms with Crippen molar-refractivity contribution in [2.24, 2.45) is 0 Å². The van der Waals surface area contributed by atoms with Gasteiger partial charge in [-0.1, -0.05) is 24.6 Å². The summed E-state index contributed by atoms with van der Waals surface area (Å²) in [5.74, 6) is 0. The molecule has 0 saturated heterocycles. The van der Waals surface area contributed by atoms with Gasteiger partial charge in [-0.05, 0) is 31.2 Å². The van der Waals surface area contributed by atoms with Crippen LogP contribution in [0.2, 0.25) is 5.02 Å². The van der Waals surface area contributed by atoms with Crippen molar-refractivity contribution in [3.63, 3.8) is 0 Å². The molecule has 8 heteroatoms. The van der Waals surface area contributed by atoms with Crippen LogP contribution in [0.15, 0.2) is 29.4 Å². The van der Waals surface area contributed by atoms with E-state index in [1.54, 1.807) is 12.1 Å². The van der Waals surface area contributed by atoms with Gasteiger partial charge in [0.05, 0.1) is 16.9 Å². The zero-order valence-corrected chi connectivity index (χ0v) is 13.3. The molecule has 1 aromatic carbocycles. The highest BCUT2D eigenvalue weighted by atomic mass is 35.5. The largest absolute Gasteiger partial charge is 0.313 e. The standard InChI is InChI=1S/C13H17ClN4O2S/c1-3-15-7-10-8-16-17-13(10)21(19,20)18-12-6-9(2)4-5-11(12)14/h4-6,8,15,18H,3,7H2,1-2H3,(H,16,17). The zero-order valence-electron chi connectivity index (χ0n) is 11.8. The lowest BCUT2D eigenvalue weighted by Gasteiger charge is -2.10. The highest BCUT2D eigenvalue weighted by Crippen LogP contribution is 2.26. The average molecular weight is 329 g/mol. The van der Waals surface area contributed by atoms with Gasteiger partial charge in [0.15, 0.2) is 5.03 Å². The van der Waals surface area contributed by atoms with Gasteiger partial charge < -0.3 is 5.32 Å². The maximum Gasteiger partial charge on any atom is 0.279 e. The molecule has 0 amide bonds. The van der Waals surface area contributed by atoms with Crippen LogP contribution in [0.4, 0.5) is 5.69 Å². The Labute approximate surface area is 129 Å². The van der Waals surface area contributed by atoms with Crippen molar-refractivity contribution in [3.8, 4) is 0 Å². The number of hydrogen-bond donors (Lipinski definition) is 3. The number of sulfonamides is 1. The van der Waals surface area contributed by atoms with Crippen LogP contribution in [0, 0.1) is 6.92 Å². The van der Waals surface area contributed by atoms with E-state index in [1.165, 1.54) is 6.20 Å². The van der Waals surface area contributed by atoms with E-state index in [-0.39, 0.29) is 5.03 Å². The predicted octanol–water partition coefficient (Wildman–Crippen LogP) is 2.28. The van der Waals surface area contributed by atoms with Crippen molar-refractivity contribution in [2.75, 3.05) is 11.3 Å². The van der Waals surface area contributed by atoms with E-state index in [2.05, 4.69) is 20.2 Å². The molecular formula is C13H17ClN4O2S. The fraction of sp³-hybridized carbons (Fsp3) is 0.308. The summed E-state index contributed by atoms with van der Waals surface area (Å²) in [6.45, 7) is 4.96. The van der Waals surface area contributed by atoms with Crippen LogP contribution in [0.5, 0.6) is 0 Å². The van der Waals surface area contributed by atoms with E-state index in [0.29, 0.717) is 22.8 Å². The summed E-state index contributed by atoms with van der Waals surface area (Å²) < 4.78 is 27.4. The van der Waals surface area contributed by atoms with Gasteiger partial charge in [-0.15, -0.1) is 0 Å². The third kappa shape index (κ3) is 3.75. The number of aromatic nitrogens is 2. The third-order valence-corrected chi connectivity index (χ3v) is 4.59. The highest BCUT2D eigenvalue weighted by Gasteiger charge is 2.21. The van der Waals surface area contributed by atoms with Gasteiger partial charge in [-0.25, -0.2) is 0 Å². The molecule has 1 heterocycles. The van der Waals surface area contributed by atoms with E-state index in [0.717, 1.165) is 12.1 Å². The summed E-state index contributed by atoms with van der Waals surface area (Å²) in [5, 5.41) is 9.79. The number of anilines is 1. The second-order valence-corrected chi connectivity index (χ2v) is 6.62. The van der Waals surface area contributed by atoms with E-state index in [1.807, 2.05) is 19.9 Å². The first-order valence-electron chi connectivity index (χ1n) is 6.46. The molecule has 0 fully saturated rings. The summed E-state index contributed by atoms with van der Waals surface area (Å²) >= 11 is 6.02. The summed E-state index contributed by atoms with van der Waals surface area (Å²) in [5.41, 5.74) is 1.84. The Kier molecular flexibility index (Phi) is 4.87. The second kappa shape index (κ2) is 6.46. The highest BCUT2D eigenvalue weighted by molar-refractivity contribution is 7.92. The van der Waals surface area contributed by atoms with Crippen molar-refractivity contribution in [2.45, 2.75) is 25.4 Å². The van der Waals surface area contributed by atoms with Crippen LogP contribution < -0.4 is 10.0 Å². The number of aryl methyl sites for hydroxylation is 1. The number of halogens is 1. The first kappa shape index (κ1) is 15.8. The fourth-order valence-electron chi connectivity index (χ4n) is 1.83. The Hall–Kier alpha value is -1.57. The lowest BCUT2D eigenvalue weighted by molar-refractivity contribution is 0.594. The minimum atomic E-state index is -3.76. The van der Waals surface area contributed by atoms with Gasteiger partial charge >= 0.3 is 0 Å². The number of rotatable bonds is 6. The lowest BCUT2D eigenvalue weighted by Crippen LogP contribution is -2.18. The maximum atomic E-state index is 12.4. The molecule has 0 saturated carbocycles. The monoisotopic (exact) mass is 328 g/mol. The predicted molar refractivity (Wildman–Crippen MR) is 83.0 cm³/mol. The lowest BCUT2D eigenvalue weighted by atomic mass is 10.2. The van der Waals surface area contributed by atoms with Crippen LogP contribution >= 0.6 is 11.6 Å². The molecule has 0 atom stereocenters. The molecule has 0 unspecified atom stereocenters. The first-order chi connectivity index (χ1) is 9.94. The molecule has 0 radical (unpaired) electrons. The second-order valence-electron chi connectivity index (χ2n) is 4.59. The van der Waals surface area contributed by atoms with Gasteiger partial charge in [0.1, 0.15) is 0 Å². The Balaban J connectivity index is 2.30. The van der Waals surface area contributed by atoms with E-state index in [4.69, 9.17) is 11.6 Å². The molecule has 0 aliphatic carbocycles. The van der Waals surface area contributed by atoms with Crippen LogP contribution in [0.1, 0.15) is 18.1 Å². The topological polar surface area (TPSA) is 86.9 Å². The summed E-state index contributed by atoms with van der Waals surface area (Å²) in [6.07, 6.45) is 1.50. The van der Waals surface area contributed by atoms with Gasteiger partial charge in [0.25, 0.3) is 10.0 Å². The van der Waals surface area contributed by atoms with E-state index >= 15 is 0 Å². The minimum Gasteiger partial charge on any atom is -0.313 e. The van der Waals surface area contributed by atoms with Gasteiger partial charge in [0.2, 0.25) is 0 Å². The van der Waals surface area contributed by atoms with Crippen LogP contribution in [0.25, 0.3) is 0 Å². The Morgan fingerprint density at radius 2 is 2.14 bits per heavy atom. The molecule has 21 heavy (non-hydrogen) atoms. The number of H-pyrrole nitrogens is 1. The number of nitrogens with one attached hydrogen (secondary N) is 3. The molecule has 3 N–H and O–H groups in total. The van der Waals surface area contributed by atoms with Crippen molar-refractivity contribution in [1.82, 2.24) is 15.5 Å². The average Bonchev–Trinajstić information content (AvgIpc) is 2.89. The Bertz CT molecular complexity index is 728. The molecule has 1 aromatic heterocycles. The Morgan fingerprint density at radius 3 is 2.86 bits per heavy atom. The minimum absolute atomic E-state index is 0.0426. The fourth-order valence-corrected chi connectivity index (χ4v) is 3.25. The number of aromatic amines is 1. The molecule has 0 spiro atoms. The van der Waals surface area contributed by atoms with E-state index < -0.39 is 10.0 Å². The van der Waals surface area contributed by atoms with Crippen molar-refractivity contribution >= 4 is 27.3 Å². The van der Waals surface area contributed by atoms with Gasteiger partial charge in [-0.2, -0.15) is 13.5 Å². The quantitative estimate of drug-likeness (QED) is 0.759. The normalized spacial score (nSPS) is 11.6. The summed E-state index contributed by atoms with van der Waals surface area (Å²) in [4.78, 5) is 0. The molecule has 114 valence electrons. The molecule has 6 nitrogen and oxygen atoms in total. The maximum absolute atomic E-state index is 12.4. The number of benzene rings is 1. The summed E-state index contributed by atoms with van der Waals surface area (Å²) in [6, 6.07) is 5.15. The number of nitrogens with zero attached hydrogens (tertiary/aromatic N) is 1. The van der Waals surface area contributed by atoms with Crippen LogP contribution in [-0.2, 0) is 16.6 Å². The molecule has 0 aliphatic rings. The summed E-state index contributed by atoms with van der Waals surface area (Å²) in [7, 11) is -3.76. The van der Waals surface area contributed by atoms with Crippen LogP contribution in [0.3, 0.4) is 0 Å². The number of hydrogen-bond acceptors (Lipinski definition) is 4. The first-order valence-corrected chi connectivity index (χ1v) is 8.32. The molecule has 2 rings (SSSR count). The molecule has 2 aromatic rings. The van der Waals surface area contributed by atoms with E-state index in [9.17, 15) is 8.42 Å². The van der Waals surface area contributed by atoms with Crippen LogP contribution in [-0.4, -0.2) is 25.2 Å². The SMILES string of the molecule is CCNCc1cn[nH]c1S(=O)(=O)Nc1cc(C)ccc1Cl. The zero-order chi connectivity index (χ0) is 15.5. The Morgan fingerprint density at radius 1 is 1.38 bits per heavy atom. The molecule has 0 bridgehead atoms. The molecule has 0 aliphatic heterocycles. The molecular weight excluding hydrogens is 312 g/mol. The van der Waals surface area contributed by atoms with Crippen molar-refractivity contribution in [3.05, 3.63) is 40.5 Å². The van der Waals surface area contributed by atoms with Gasteiger partial charge in [0, 0.05) is 12.1 Å². The smallest absolute Gasteiger partial charge is 0.279 e. The van der Waals surface area contributed by atoms with Crippen molar-refractivity contribution in [1.29, 1.82) is 0 Å².